The molecule has 0 aliphatic rings. The first kappa shape index (κ1) is 12.0. The lowest BCUT2D eigenvalue weighted by atomic mass is 10.0. The fraction of sp³-hybridized carbons (Fsp3) is 0.467. The Balaban J connectivity index is 2.56. The van der Waals surface area contributed by atoms with Crippen LogP contribution in [0.3, 0.4) is 0 Å². The van der Waals surface area contributed by atoms with Crippen LogP contribution in [0.1, 0.15) is 44.7 Å². The van der Waals surface area contributed by atoms with Gasteiger partial charge in [0.05, 0.1) is 0 Å². The van der Waals surface area contributed by atoms with Gasteiger partial charge in [-0.05, 0) is 29.9 Å². The van der Waals surface area contributed by atoms with Crippen molar-refractivity contribution in [3.63, 3.8) is 0 Å². The van der Waals surface area contributed by atoms with E-state index in [0.717, 1.165) is 5.92 Å². The Labute approximate surface area is 94.0 Å². The number of hydrogen-bond donors (Lipinski definition) is 0. The van der Waals surface area contributed by atoms with Gasteiger partial charge in [-0.3, -0.25) is 0 Å². The van der Waals surface area contributed by atoms with Gasteiger partial charge in [-0.15, -0.1) is 0 Å². The maximum absolute atomic E-state index is 2.26. The summed E-state index contributed by atoms with van der Waals surface area (Å²) >= 11 is 0. The first-order chi connectivity index (χ1) is 7.22. The summed E-state index contributed by atoms with van der Waals surface area (Å²) in [6, 6.07) is 8.91. The van der Waals surface area contributed by atoms with E-state index in [4.69, 9.17) is 0 Å². The smallest absolute Gasteiger partial charge is 0.0256 e. The fourth-order valence-corrected chi connectivity index (χ4v) is 1.62. The molecule has 82 valence electrons. The van der Waals surface area contributed by atoms with Gasteiger partial charge >= 0.3 is 0 Å². The quantitative estimate of drug-likeness (QED) is 0.649. The van der Waals surface area contributed by atoms with E-state index >= 15 is 0 Å². The molecule has 0 amide bonds. The summed E-state index contributed by atoms with van der Waals surface area (Å²) in [5.74, 6) is 0.742. The molecule has 0 aliphatic carbocycles. The van der Waals surface area contributed by atoms with Gasteiger partial charge in [-0.2, -0.15) is 0 Å². The highest BCUT2D eigenvalue weighted by Crippen LogP contribution is 2.11. The zero-order valence-corrected chi connectivity index (χ0v) is 10.2. The zero-order chi connectivity index (χ0) is 11.1. The second-order valence-electron chi connectivity index (χ2n) is 4.53. The van der Waals surface area contributed by atoms with Crippen LogP contribution < -0.4 is 0 Å². The third-order valence-electron chi connectivity index (χ3n) is 2.39. The van der Waals surface area contributed by atoms with E-state index in [0.29, 0.717) is 0 Å². The van der Waals surface area contributed by atoms with Crippen molar-refractivity contribution in [1.82, 2.24) is 0 Å². The molecule has 0 N–H and O–H groups in total. The van der Waals surface area contributed by atoms with Crippen molar-refractivity contribution >= 4 is 6.08 Å². The Kier molecular flexibility index (Phi) is 5.17. The molecule has 0 bridgehead atoms. The van der Waals surface area contributed by atoms with Crippen molar-refractivity contribution in [1.29, 1.82) is 0 Å². The molecule has 0 heterocycles. The summed E-state index contributed by atoms with van der Waals surface area (Å²) < 4.78 is 0. The summed E-state index contributed by atoms with van der Waals surface area (Å²) in [6.45, 7) is 6.72. The highest BCUT2D eigenvalue weighted by molar-refractivity contribution is 5.49. The molecule has 0 unspecified atom stereocenters. The van der Waals surface area contributed by atoms with E-state index in [-0.39, 0.29) is 0 Å². The van der Waals surface area contributed by atoms with Crippen LogP contribution in [0, 0.1) is 5.92 Å². The first-order valence-corrected chi connectivity index (χ1v) is 5.98. The molecule has 0 atom stereocenters. The van der Waals surface area contributed by atoms with Gasteiger partial charge in [-0.1, -0.05) is 63.6 Å². The molecule has 0 aliphatic heterocycles. The minimum Gasteiger partial charge on any atom is -0.0840 e. The number of benzene rings is 1. The van der Waals surface area contributed by atoms with E-state index in [1.807, 2.05) is 0 Å². The molecule has 0 heteroatoms. The largest absolute Gasteiger partial charge is 0.0840 e. The van der Waals surface area contributed by atoms with Gasteiger partial charge in [0, 0.05) is 0 Å². The Hall–Kier alpha value is -1.04. The molecule has 1 rings (SSSR count). The van der Waals surface area contributed by atoms with E-state index in [2.05, 4.69) is 57.2 Å². The van der Waals surface area contributed by atoms with E-state index in [9.17, 15) is 0 Å². The Bertz CT molecular complexity index is 290. The maximum Gasteiger partial charge on any atom is -0.0256 e. The lowest BCUT2D eigenvalue weighted by Crippen LogP contribution is -1.93. The second kappa shape index (κ2) is 6.44. The van der Waals surface area contributed by atoms with Gasteiger partial charge in [-0.25, -0.2) is 0 Å². The van der Waals surface area contributed by atoms with Crippen LogP contribution in [-0.2, 0) is 6.42 Å². The van der Waals surface area contributed by atoms with Gasteiger partial charge in [0.15, 0.2) is 0 Å². The maximum atomic E-state index is 2.26. The Morgan fingerprint density at radius 1 is 1.13 bits per heavy atom. The molecule has 0 fully saturated rings. The highest BCUT2D eigenvalue weighted by Gasteiger charge is 1.96. The third-order valence-corrected chi connectivity index (χ3v) is 2.39. The molecule has 0 nitrogen and oxygen atoms in total. The van der Waals surface area contributed by atoms with Gasteiger partial charge in [0.25, 0.3) is 0 Å². The standard InChI is InChI=1S/C15H22/c1-4-5-6-7-14-8-10-15(11-9-14)12-13(2)3/h6-11,13H,4-5,12H2,1-3H3. The predicted molar refractivity (Wildman–Crippen MR) is 68.9 cm³/mol. The lowest BCUT2D eigenvalue weighted by molar-refractivity contribution is 0.647. The molecule has 0 saturated carbocycles. The molecule has 15 heavy (non-hydrogen) atoms. The van der Waals surface area contributed by atoms with Gasteiger partial charge < -0.3 is 0 Å². The molecular weight excluding hydrogens is 180 g/mol. The minimum absolute atomic E-state index is 0.742. The van der Waals surface area contributed by atoms with Crippen molar-refractivity contribution < 1.29 is 0 Å². The van der Waals surface area contributed by atoms with E-state index < -0.39 is 0 Å². The third kappa shape index (κ3) is 4.83. The van der Waals surface area contributed by atoms with Crippen LogP contribution in [0.15, 0.2) is 30.3 Å². The number of unbranched alkanes of at least 4 members (excludes halogenated alkanes) is 1. The molecule has 0 saturated heterocycles. The molecule has 0 aromatic heterocycles. The van der Waals surface area contributed by atoms with E-state index in [1.54, 1.807) is 0 Å². The first-order valence-electron chi connectivity index (χ1n) is 5.98. The Morgan fingerprint density at radius 2 is 1.80 bits per heavy atom. The molecule has 1 aromatic rings. The summed E-state index contributed by atoms with van der Waals surface area (Å²) in [7, 11) is 0. The van der Waals surface area contributed by atoms with Crippen molar-refractivity contribution in [2.45, 2.75) is 40.0 Å². The molecule has 0 spiro atoms. The average molecular weight is 202 g/mol. The fourth-order valence-electron chi connectivity index (χ4n) is 1.62. The van der Waals surface area contributed by atoms with Crippen LogP contribution in [0.25, 0.3) is 6.08 Å². The van der Waals surface area contributed by atoms with Crippen LogP contribution >= 0.6 is 0 Å². The molecule has 0 radical (unpaired) electrons. The SMILES string of the molecule is CCCC=Cc1ccc(CC(C)C)cc1. The van der Waals surface area contributed by atoms with Crippen molar-refractivity contribution in [2.24, 2.45) is 5.92 Å². The van der Waals surface area contributed by atoms with Crippen molar-refractivity contribution in [3.05, 3.63) is 41.5 Å². The minimum atomic E-state index is 0.742. The van der Waals surface area contributed by atoms with Crippen LogP contribution in [-0.4, -0.2) is 0 Å². The highest BCUT2D eigenvalue weighted by atomic mass is 14.0. The second-order valence-corrected chi connectivity index (χ2v) is 4.53. The van der Waals surface area contributed by atoms with Crippen LogP contribution in [0.2, 0.25) is 0 Å². The topological polar surface area (TPSA) is 0 Å². The monoisotopic (exact) mass is 202 g/mol. The van der Waals surface area contributed by atoms with Crippen LogP contribution in [0.4, 0.5) is 0 Å². The summed E-state index contributed by atoms with van der Waals surface area (Å²) in [5, 5.41) is 0. The summed E-state index contributed by atoms with van der Waals surface area (Å²) in [4.78, 5) is 0. The number of rotatable bonds is 5. The van der Waals surface area contributed by atoms with Gasteiger partial charge in [0.2, 0.25) is 0 Å². The van der Waals surface area contributed by atoms with E-state index in [1.165, 1.54) is 30.4 Å². The van der Waals surface area contributed by atoms with Crippen molar-refractivity contribution in [2.75, 3.05) is 0 Å². The van der Waals surface area contributed by atoms with Gasteiger partial charge in [0.1, 0.15) is 0 Å². The molecule has 1 aromatic carbocycles. The van der Waals surface area contributed by atoms with Crippen LogP contribution in [0.5, 0.6) is 0 Å². The number of allylic oxidation sites excluding steroid dienone is 1. The zero-order valence-electron chi connectivity index (χ0n) is 10.2. The normalized spacial score (nSPS) is 11.5. The molecular formula is C15H22. The lowest BCUT2D eigenvalue weighted by Gasteiger charge is -2.04. The average Bonchev–Trinajstić information content (AvgIpc) is 2.20. The predicted octanol–water partition coefficient (Wildman–Crippen LogP) is 4.70. The summed E-state index contributed by atoms with van der Waals surface area (Å²) in [6.07, 6.45) is 8.04. The summed E-state index contributed by atoms with van der Waals surface area (Å²) in [5.41, 5.74) is 2.76. The number of hydrogen-bond acceptors (Lipinski definition) is 0. The Morgan fingerprint density at radius 3 is 2.33 bits per heavy atom. The van der Waals surface area contributed by atoms with Crippen molar-refractivity contribution in [3.8, 4) is 0 Å².